The summed E-state index contributed by atoms with van der Waals surface area (Å²) < 4.78 is 4.87. The van der Waals surface area contributed by atoms with Gasteiger partial charge in [-0.1, -0.05) is 30.3 Å². The van der Waals surface area contributed by atoms with Crippen molar-refractivity contribution in [3.63, 3.8) is 0 Å². The van der Waals surface area contributed by atoms with Crippen LogP contribution >= 0.6 is 0 Å². The van der Waals surface area contributed by atoms with Crippen LogP contribution in [0.3, 0.4) is 0 Å². The van der Waals surface area contributed by atoms with E-state index in [4.69, 9.17) is 20.1 Å². The molecule has 0 aliphatic rings. The molecule has 2 amide bonds. The van der Waals surface area contributed by atoms with Gasteiger partial charge in [-0.05, 0) is 12.0 Å². The third-order valence-corrected chi connectivity index (χ3v) is 3.47. The number of amides is 2. The number of aliphatic carboxylic acids is 3. The fourth-order valence-corrected chi connectivity index (χ4v) is 2.07. The van der Waals surface area contributed by atoms with Gasteiger partial charge in [0.15, 0.2) is 0 Å². The van der Waals surface area contributed by atoms with Crippen molar-refractivity contribution in [2.75, 3.05) is 0 Å². The van der Waals surface area contributed by atoms with Crippen LogP contribution in [0.1, 0.15) is 24.8 Å². The highest BCUT2D eigenvalue weighted by molar-refractivity contribution is 5.89. The second kappa shape index (κ2) is 11.2. The van der Waals surface area contributed by atoms with Gasteiger partial charge >= 0.3 is 24.0 Å². The summed E-state index contributed by atoms with van der Waals surface area (Å²) >= 11 is 0. The molecule has 0 aliphatic carbocycles. The molecule has 5 N–H and O–H groups in total. The summed E-state index contributed by atoms with van der Waals surface area (Å²) in [5.41, 5.74) is 0.671. The Bertz CT molecular complexity index is 721. The second-order valence-corrected chi connectivity index (χ2v) is 5.69. The van der Waals surface area contributed by atoms with E-state index in [0.29, 0.717) is 5.56 Å². The maximum absolute atomic E-state index is 11.9. The highest BCUT2D eigenvalue weighted by Gasteiger charge is 2.27. The summed E-state index contributed by atoms with van der Waals surface area (Å²) in [6.07, 6.45) is -2.69. The number of rotatable bonds is 11. The van der Waals surface area contributed by atoms with Crippen molar-refractivity contribution in [2.24, 2.45) is 0 Å². The molecule has 11 nitrogen and oxygen atoms in total. The van der Waals surface area contributed by atoms with Gasteiger partial charge in [0.2, 0.25) is 5.91 Å². The monoisotopic (exact) mass is 396 g/mol. The first-order chi connectivity index (χ1) is 13.2. The lowest BCUT2D eigenvalue weighted by Gasteiger charge is -2.17. The molecular formula is C17H20N2O9. The maximum Gasteiger partial charge on any atom is 0.408 e. The van der Waals surface area contributed by atoms with Crippen LogP contribution < -0.4 is 10.6 Å². The molecule has 0 spiro atoms. The van der Waals surface area contributed by atoms with E-state index in [1.54, 1.807) is 30.3 Å². The van der Waals surface area contributed by atoms with Crippen molar-refractivity contribution >= 4 is 29.9 Å². The van der Waals surface area contributed by atoms with Crippen molar-refractivity contribution in [2.45, 2.75) is 38.0 Å². The average Bonchev–Trinajstić information content (AvgIpc) is 2.63. The molecule has 152 valence electrons. The topological polar surface area (TPSA) is 179 Å². The average molecular weight is 396 g/mol. The molecule has 0 radical (unpaired) electrons. The van der Waals surface area contributed by atoms with Crippen molar-refractivity contribution in [3.05, 3.63) is 35.9 Å². The lowest BCUT2D eigenvalue weighted by molar-refractivity contribution is -0.143. The van der Waals surface area contributed by atoms with Gasteiger partial charge in [-0.15, -0.1) is 0 Å². The van der Waals surface area contributed by atoms with Gasteiger partial charge in [-0.3, -0.25) is 9.59 Å². The normalized spacial score (nSPS) is 12.3. The Kier molecular flexibility index (Phi) is 8.93. The van der Waals surface area contributed by atoms with Crippen LogP contribution in [0.4, 0.5) is 4.79 Å². The highest BCUT2D eigenvalue weighted by atomic mass is 16.5. The molecule has 1 aromatic rings. The number of alkyl carbamates (subject to hydrolysis) is 1. The number of carboxylic acids is 3. The lowest BCUT2D eigenvalue weighted by Crippen LogP contribution is -2.47. The van der Waals surface area contributed by atoms with Crippen molar-refractivity contribution in [1.29, 1.82) is 0 Å². The Morgan fingerprint density at radius 1 is 0.893 bits per heavy atom. The minimum atomic E-state index is -1.66. The Morgan fingerprint density at radius 3 is 2.04 bits per heavy atom. The van der Waals surface area contributed by atoms with Gasteiger partial charge in [-0.25, -0.2) is 14.4 Å². The first kappa shape index (κ1) is 22.4. The van der Waals surface area contributed by atoms with Crippen molar-refractivity contribution in [1.82, 2.24) is 10.6 Å². The van der Waals surface area contributed by atoms with Crippen molar-refractivity contribution < 1.29 is 44.0 Å². The zero-order valence-corrected chi connectivity index (χ0v) is 14.7. The molecule has 1 aromatic carbocycles. The number of hydrogen-bond acceptors (Lipinski definition) is 6. The van der Waals surface area contributed by atoms with Crippen molar-refractivity contribution in [3.8, 4) is 0 Å². The van der Waals surface area contributed by atoms with Gasteiger partial charge in [0.05, 0.1) is 6.42 Å². The molecule has 0 unspecified atom stereocenters. The van der Waals surface area contributed by atoms with Crippen LogP contribution in [-0.2, 0) is 30.5 Å². The second-order valence-electron chi connectivity index (χ2n) is 5.69. The number of hydrogen-bond donors (Lipinski definition) is 5. The van der Waals surface area contributed by atoms with E-state index < -0.39 is 54.8 Å². The quantitative estimate of drug-likeness (QED) is 0.349. The zero-order valence-electron chi connectivity index (χ0n) is 14.7. The maximum atomic E-state index is 11.9. The van der Waals surface area contributed by atoms with Gasteiger partial charge in [-0.2, -0.15) is 0 Å². The number of nitrogens with one attached hydrogen (secondary N) is 2. The molecule has 0 heterocycles. The molecule has 0 bridgehead atoms. The number of carboxylic acid groups (broad SMARTS) is 3. The fourth-order valence-electron chi connectivity index (χ4n) is 2.07. The third kappa shape index (κ3) is 8.65. The molecule has 2 atom stereocenters. The number of carbonyl (C=O) groups excluding carboxylic acids is 2. The van der Waals surface area contributed by atoms with E-state index in [9.17, 15) is 24.0 Å². The lowest BCUT2D eigenvalue weighted by atomic mass is 10.1. The van der Waals surface area contributed by atoms with Gasteiger partial charge in [0, 0.05) is 6.42 Å². The minimum absolute atomic E-state index is 0.110. The van der Waals surface area contributed by atoms with Gasteiger partial charge in [0.1, 0.15) is 18.7 Å². The van der Waals surface area contributed by atoms with E-state index in [1.807, 2.05) is 10.6 Å². The largest absolute Gasteiger partial charge is 0.481 e. The summed E-state index contributed by atoms with van der Waals surface area (Å²) in [6.45, 7) is -0.110. The fraction of sp³-hybridized carbons (Fsp3) is 0.353. The van der Waals surface area contributed by atoms with E-state index >= 15 is 0 Å². The molecule has 0 saturated heterocycles. The summed E-state index contributed by atoms with van der Waals surface area (Å²) in [7, 11) is 0. The zero-order chi connectivity index (χ0) is 21.1. The predicted molar refractivity (Wildman–Crippen MR) is 92.2 cm³/mol. The molecule has 11 heteroatoms. The molecule has 0 fully saturated rings. The molecule has 0 aromatic heterocycles. The molecule has 28 heavy (non-hydrogen) atoms. The number of carbonyl (C=O) groups is 5. The van der Waals surface area contributed by atoms with Crippen LogP contribution in [0.5, 0.6) is 0 Å². The number of ether oxygens (including phenoxy) is 1. The van der Waals surface area contributed by atoms with E-state index in [-0.39, 0.29) is 13.0 Å². The van der Waals surface area contributed by atoms with Crippen LogP contribution in [0.2, 0.25) is 0 Å². The molecular weight excluding hydrogens is 376 g/mol. The Labute approximate surface area is 159 Å². The van der Waals surface area contributed by atoms with Gasteiger partial charge < -0.3 is 30.7 Å². The predicted octanol–water partition coefficient (Wildman–Crippen LogP) is 0.190. The first-order valence-corrected chi connectivity index (χ1v) is 8.13. The van der Waals surface area contributed by atoms with E-state index in [1.165, 1.54) is 0 Å². The van der Waals surface area contributed by atoms with Gasteiger partial charge in [0.25, 0.3) is 0 Å². The van der Waals surface area contributed by atoms with Crippen LogP contribution in [-0.4, -0.2) is 57.3 Å². The van der Waals surface area contributed by atoms with Crippen LogP contribution in [0.15, 0.2) is 30.3 Å². The smallest absolute Gasteiger partial charge is 0.408 e. The summed E-state index contributed by atoms with van der Waals surface area (Å²) in [5.74, 6) is -5.21. The summed E-state index contributed by atoms with van der Waals surface area (Å²) in [5, 5.41) is 30.7. The van der Waals surface area contributed by atoms with Crippen LogP contribution in [0.25, 0.3) is 0 Å². The number of benzene rings is 1. The third-order valence-electron chi connectivity index (χ3n) is 3.47. The van der Waals surface area contributed by atoms with E-state index in [0.717, 1.165) is 0 Å². The summed E-state index contributed by atoms with van der Waals surface area (Å²) in [4.78, 5) is 56.4. The van der Waals surface area contributed by atoms with E-state index in [2.05, 4.69) is 0 Å². The Morgan fingerprint density at radius 2 is 1.50 bits per heavy atom. The SMILES string of the molecule is O=C(O)CC[C@H](NC(=O)C[C@H](NC(=O)OCc1ccccc1)C(=O)O)C(=O)O. The Balaban J connectivity index is 2.56. The minimum Gasteiger partial charge on any atom is -0.481 e. The first-order valence-electron chi connectivity index (χ1n) is 8.13. The highest BCUT2D eigenvalue weighted by Crippen LogP contribution is 2.03. The Hall–Kier alpha value is -3.63. The van der Waals surface area contributed by atoms with Crippen LogP contribution in [0, 0.1) is 0 Å². The standard InChI is InChI=1S/C17H20N2O9/c20-13(18-11(15(23)24)6-7-14(21)22)8-12(16(25)26)19-17(27)28-9-10-4-2-1-3-5-10/h1-5,11-12H,6-9H2,(H,18,20)(H,19,27)(H,21,22)(H,23,24)(H,25,26)/t11-,12-/m0/s1. The molecule has 1 rings (SSSR count). The molecule has 0 saturated carbocycles. The molecule has 0 aliphatic heterocycles. The summed E-state index contributed by atoms with van der Waals surface area (Å²) in [6, 6.07) is 5.45.